The van der Waals surface area contributed by atoms with E-state index in [1.165, 1.54) is 6.07 Å². The number of carbonyl (C=O) groups is 1. The van der Waals surface area contributed by atoms with Crippen LogP contribution in [0.25, 0.3) is 0 Å². The maximum Gasteiger partial charge on any atom is 0.310 e. The minimum atomic E-state index is -2.89. The molecule has 0 N–H and O–H groups in total. The number of esters is 1. The first-order valence-electron chi connectivity index (χ1n) is 5.16. The molecule has 0 aromatic heterocycles. The Morgan fingerprint density at radius 2 is 2.17 bits per heavy atom. The smallest absolute Gasteiger partial charge is 0.310 e. The minimum absolute atomic E-state index is 0.0834. The summed E-state index contributed by atoms with van der Waals surface area (Å²) in [6.45, 7) is 1.64. The first-order chi connectivity index (χ1) is 8.51. The molecule has 0 aliphatic rings. The largest absolute Gasteiger partial charge is 0.466 e. The van der Waals surface area contributed by atoms with Crippen LogP contribution >= 0.6 is 0 Å². The van der Waals surface area contributed by atoms with Gasteiger partial charge in [0.1, 0.15) is 11.9 Å². The predicted molar refractivity (Wildman–Crippen MR) is 56.4 cm³/mol. The summed E-state index contributed by atoms with van der Waals surface area (Å²) in [6.07, 6.45) is -3.43. The van der Waals surface area contributed by atoms with Crippen molar-refractivity contribution >= 4 is 5.97 Å². The third-order valence-corrected chi connectivity index (χ3v) is 2.27. The summed E-state index contributed by atoms with van der Waals surface area (Å²) in [6, 6.07) is 3.15. The first-order valence-corrected chi connectivity index (χ1v) is 5.16. The highest BCUT2D eigenvalue weighted by molar-refractivity contribution is 5.74. The zero-order valence-corrected chi connectivity index (χ0v) is 9.54. The van der Waals surface area contributed by atoms with Crippen molar-refractivity contribution < 1.29 is 22.7 Å². The zero-order valence-electron chi connectivity index (χ0n) is 9.54. The number of hydrogen-bond donors (Lipinski definition) is 0. The third-order valence-electron chi connectivity index (χ3n) is 2.27. The van der Waals surface area contributed by atoms with Crippen LogP contribution in [0.2, 0.25) is 0 Å². The highest BCUT2D eigenvalue weighted by Crippen LogP contribution is 2.27. The number of ether oxygens (including phenoxy) is 1. The maximum absolute atomic E-state index is 13.3. The molecule has 0 heterocycles. The predicted octanol–water partition coefficient (Wildman–Crippen LogP) is 2.74. The van der Waals surface area contributed by atoms with Gasteiger partial charge in [-0.1, -0.05) is 6.07 Å². The van der Waals surface area contributed by atoms with E-state index in [9.17, 15) is 18.0 Å². The van der Waals surface area contributed by atoms with Gasteiger partial charge in [0.15, 0.2) is 0 Å². The Balaban J connectivity index is 3.24. The van der Waals surface area contributed by atoms with Gasteiger partial charge in [0.05, 0.1) is 18.6 Å². The second kappa shape index (κ2) is 6.05. The van der Waals surface area contributed by atoms with Crippen molar-refractivity contribution in [2.45, 2.75) is 19.8 Å². The van der Waals surface area contributed by atoms with Gasteiger partial charge < -0.3 is 4.74 Å². The van der Waals surface area contributed by atoms with Gasteiger partial charge in [0.2, 0.25) is 0 Å². The maximum atomic E-state index is 13.3. The first kappa shape index (κ1) is 14.0. The number of halogens is 3. The lowest BCUT2D eigenvalue weighted by Crippen LogP contribution is -2.12. The second-order valence-electron chi connectivity index (χ2n) is 3.38. The van der Waals surface area contributed by atoms with Crippen LogP contribution in [0.15, 0.2) is 12.1 Å². The molecule has 0 unspecified atom stereocenters. The standard InChI is InChI=1S/C12H10F3NO2/c1-2-18-11(17)5-8-7(12(14)15)3-4-10(13)9(8)6-16/h3-4,12H,2,5H2,1H3. The number of nitriles is 1. The second-order valence-corrected chi connectivity index (χ2v) is 3.38. The van der Waals surface area contributed by atoms with E-state index >= 15 is 0 Å². The summed E-state index contributed by atoms with van der Waals surface area (Å²) in [7, 11) is 0. The molecule has 1 aromatic rings. The van der Waals surface area contributed by atoms with E-state index in [4.69, 9.17) is 5.26 Å². The molecule has 3 nitrogen and oxygen atoms in total. The van der Waals surface area contributed by atoms with Crippen LogP contribution in [0.4, 0.5) is 13.2 Å². The number of alkyl halides is 2. The van der Waals surface area contributed by atoms with Gasteiger partial charge in [-0.2, -0.15) is 5.26 Å². The molecule has 0 saturated heterocycles. The number of hydrogen-bond acceptors (Lipinski definition) is 3. The highest BCUT2D eigenvalue weighted by atomic mass is 19.3. The third kappa shape index (κ3) is 3.00. The Labute approximate surface area is 102 Å². The fourth-order valence-electron chi connectivity index (χ4n) is 1.51. The van der Waals surface area contributed by atoms with Crippen LogP contribution in [-0.4, -0.2) is 12.6 Å². The normalized spacial score (nSPS) is 10.2. The van der Waals surface area contributed by atoms with Gasteiger partial charge >= 0.3 is 5.97 Å². The fraction of sp³-hybridized carbons (Fsp3) is 0.333. The average molecular weight is 257 g/mol. The Hall–Kier alpha value is -2.03. The number of rotatable bonds is 4. The van der Waals surface area contributed by atoms with E-state index in [1.54, 1.807) is 6.92 Å². The van der Waals surface area contributed by atoms with Gasteiger partial charge in [-0.15, -0.1) is 0 Å². The Morgan fingerprint density at radius 1 is 1.50 bits per heavy atom. The van der Waals surface area contributed by atoms with Crippen LogP contribution in [0.1, 0.15) is 30.0 Å². The highest BCUT2D eigenvalue weighted by Gasteiger charge is 2.21. The monoisotopic (exact) mass is 257 g/mol. The van der Waals surface area contributed by atoms with Crippen molar-refractivity contribution in [1.82, 2.24) is 0 Å². The SMILES string of the molecule is CCOC(=O)Cc1c(C(F)F)ccc(F)c1C#N. The van der Waals surface area contributed by atoms with Crippen molar-refractivity contribution in [2.24, 2.45) is 0 Å². The number of nitrogens with zero attached hydrogens (tertiary/aromatic N) is 1. The van der Waals surface area contributed by atoms with Crippen molar-refractivity contribution in [1.29, 1.82) is 5.26 Å². The van der Waals surface area contributed by atoms with E-state index in [2.05, 4.69) is 4.74 Å². The summed E-state index contributed by atoms with van der Waals surface area (Å²) < 4.78 is 43.4. The Morgan fingerprint density at radius 3 is 2.67 bits per heavy atom. The molecular weight excluding hydrogens is 247 g/mol. The van der Waals surface area contributed by atoms with Crippen LogP contribution in [-0.2, 0) is 16.0 Å². The van der Waals surface area contributed by atoms with Gasteiger partial charge in [-0.25, -0.2) is 13.2 Å². The molecule has 0 aliphatic carbocycles. The summed E-state index contributed by atoms with van der Waals surface area (Å²) >= 11 is 0. The minimum Gasteiger partial charge on any atom is -0.466 e. The van der Waals surface area contributed by atoms with Gasteiger partial charge in [-0.3, -0.25) is 4.79 Å². The molecule has 1 aromatic carbocycles. The average Bonchev–Trinajstić information content (AvgIpc) is 2.29. The molecule has 0 fully saturated rings. The topological polar surface area (TPSA) is 50.1 Å². The van der Waals surface area contributed by atoms with Crippen molar-refractivity contribution in [3.8, 4) is 6.07 Å². The van der Waals surface area contributed by atoms with Gasteiger partial charge in [0, 0.05) is 5.56 Å². The van der Waals surface area contributed by atoms with Gasteiger partial charge in [-0.05, 0) is 18.6 Å². The molecule has 0 saturated carbocycles. The fourth-order valence-corrected chi connectivity index (χ4v) is 1.51. The summed E-state index contributed by atoms with van der Waals surface area (Å²) in [5.41, 5.74) is -1.38. The molecule has 96 valence electrons. The molecule has 0 atom stereocenters. The van der Waals surface area contributed by atoms with E-state index < -0.39 is 35.8 Å². The lowest BCUT2D eigenvalue weighted by Gasteiger charge is -2.10. The number of benzene rings is 1. The van der Waals surface area contributed by atoms with Crippen LogP contribution in [0.5, 0.6) is 0 Å². The Kier molecular flexibility index (Phi) is 4.72. The number of carbonyl (C=O) groups excluding carboxylic acids is 1. The molecule has 0 spiro atoms. The molecular formula is C12H10F3NO2. The summed E-state index contributed by atoms with van der Waals surface area (Å²) in [5, 5.41) is 8.76. The molecule has 1 rings (SSSR count). The molecule has 18 heavy (non-hydrogen) atoms. The molecule has 0 amide bonds. The van der Waals surface area contributed by atoms with Crippen LogP contribution < -0.4 is 0 Å². The van der Waals surface area contributed by atoms with Crippen molar-refractivity contribution in [3.05, 3.63) is 34.6 Å². The summed E-state index contributed by atoms with van der Waals surface area (Å²) in [5.74, 6) is -1.71. The van der Waals surface area contributed by atoms with Gasteiger partial charge in [0.25, 0.3) is 6.43 Å². The molecule has 0 bridgehead atoms. The van der Waals surface area contributed by atoms with Crippen molar-refractivity contribution in [3.63, 3.8) is 0 Å². The molecule has 0 radical (unpaired) electrons. The van der Waals surface area contributed by atoms with E-state index in [0.717, 1.165) is 12.1 Å². The molecule has 6 heteroatoms. The lowest BCUT2D eigenvalue weighted by atomic mass is 9.98. The Bertz CT molecular complexity index is 495. The van der Waals surface area contributed by atoms with Crippen molar-refractivity contribution in [2.75, 3.05) is 6.61 Å². The molecule has 0 aliphatic heterocycles. The van der Waals surface area contributed by atoms with E-state index in [0.29, 0.717) is 0 Å². The lowest BCUT2D eigenvalue weighted by molar-refractivity contribution is -0.142. The van der Waals surface area contributed by atoms with Crippen LogP contribution in [0, 0.1) is 17.1 Å². The van der Waals surface area contributed by atoms with Crippen LogP contribution in [0.3, 0.4) is 0 Å². The van der Waals surface area contributed by atoms with E-state index in [1.807, 2.05) is 0 Å². The quantitative estimate of drug-likeness (QED) is 0.779. The van der Waals surface area contributed by atoms with E-state index in [-0.39, 0.29) is 12.2 Å². The summed E-state index contributed by atoms with van der Waals surface area (Å²) in [4.78, 5) is 11.3. The zero-order chi connectivity index (χ0) is 13.7.